The van der Waals surface area contributed by atoms with Crippen LogP contribution in [0.4, 0.5) is 0 Å². The summed E-state index contributed by atoms with van der Waals surface area (Å²) < 4.78 is 0. The van der Waals surface area contributed by atoms with Crippen LogP contribution in [-0.4, -0.2) is 0 Å². The summed E-state index contributed by atoms with van der Waals surface area (Å²) >= 11 is 0. The number of allylic oxidation sites excluding steroid dienone is 4. The minimum Gasteiger partial charge on any atom is -0.226 e. The van der Waals surface area contributed by atoms with Gasteiger partial charge in [0.05, 0.1) is 0 Å². The Hall–Kier alpha value is 0.0643. The first-order valence-corrected chi connectivity index (χ1v) is 6.70. The Balaban J connectivity index is 0.000000963. The molecule has 1 unspecified atom stereocenters. The first kappa shape index (κ1) is 12.5. The van der Waals surface area contributed by atoms with Gasteiger partial charge in [0.2, 0.25) is 0 Å². The fourth-order valence-electron chi connectivity index (χ4n) is 3.79. The first-order chi connectivity index (χ1) is 7.42. The van der Waals surface area contributed by atoms with Crippen molar-refractivity contribution in [2.24, 2.45) is 5.92 Å². The average Bonchev–Trinajstić information content (AvgIpc) is 2.63. The maximum atomic E-state index is 2.55. The van der Waals surface area contributed by atoms with E-state index in [1.807, 2.05) is 5.57 Å². The van der Waals surface area contributed by atoms with E-state index in [-0.39, 0.29) is 21.7 Å². The van der Waals surface area contributed by atoms with Crippen LogP contribution in [0.3, 0.4) is 0 Å². The largest absolute Gasteiger partial charge is 2.00 e. The molecule has 0 fully saturated rings. The van der Waals surface area contributed by atoms with Crippen molar-refractivity contribution in [2.45, 2.75) is 58.3 Å². The van der Waals surface area contributed by atoms with Crippen LogP contribution in [0.1, 0.15) is 58.3 Å². The number of rotatable bonds is 1. The van der Waals surface area contributed by atoms with Gasteiger partial charge in [0.25, 0.3) is 0 Å². The van der Waals surface area contributed by atoms with E-state index in [1.54, 1.807) is 16.7 Å². The minimum absolute atomic E-state index is 0. The summed E-state index contributed by atoms with van der Waals surface area (Å²) in [4.78, 5) is 0. The zero-order valence-electron chi connectivity index (χ0n) is 10.3. The zero-order valence-corrected chi connectivity index (χ0v) is 11.9. The molecule has 16 heavy (non-hydrogen) atoms. The van der Waals surface area contributed by atoms with Crippen molar-refractivity contribution in [3.63, 3.8) is 0 Å². The van der Waals surface area contributed by atoms with Gasteiger partial charge in [-0.3, -0.25) is 0 Å². The molecule has 84 valence electrons. The van der Waals surface area contributed by atoms with Crippen molar-refractivity contribution in [1.82, 2.24) is 0 Å². The van der Waals surface area contributed by atoms with Crippen molar-refractivity contribution in [3.05, 3.63) is 28.7 Å². The van der Waals surface area contributed by atoms with E-state index >= 15 is 0 Å². The molecule has 1 heteroatoms. The summed E-state index contributed by atoms with van der Waals surface area (Å²) in [5.41, 5.74) is 7.17. The Bertz CT molecular complexity index is 303. The van der Waals surface area contributed by atoms with Crippen LogP contribution in [-0.2, 0) is 21.7 Å². The van der Waals surface area contributed by atoms with Crippen LogP contribution in [0.25, 0.3) is 0 Å². The van der Waals surface area contributed by atoms with E-state index in [1.165, 1.54) is 51.4 Å². The van der Waals surface area contributed by atoms with E-state index in [9.17, 15) is 0 Å². The maximum Gasteiger partial charge on any atom is 2.00 e. The molecule has 3 aliphatic rings. The zero-order chi connectivity index (χ0) is 10.3. The Morgan fingerprint density at radius 2 is 1.81 bits per heavy atom. The molecular weight excluding hydrogens is 228 g/mol. The second-order valence-electron chi connectivity index (χ2n) is 5.20. The summed E-state index contributed by atoms with van der Waals surface area (Å²) in [6, 6.07) is 0. The molecular formula is C15H21Ti+. The fourth-order valence-corrected chi connectivity index (χ4v) is 3.79. The van der Waals surface area contributed by atoms with E-state index in [2.05, 4.69) is 13.3 Å². The van der Waals surface area contributed by atoms with Crippen molar-refractivity contribution in [1.29, 1.82) is 0 Å². The second-order valence-corrected chi connectivity index (χ2v) is 5.20. The molecule has 0 aromatic carbocycles. The molecule has 0 aromatic rings. The van der Waals surface area contributed by atoms with E-state index in [0.717, 1.165) is 5.92 Å². The normalized spacial score (nSPS) is 28.2. The van der Waals surface area contributed by atoms with Crippen molar-refractivity contribution >= 4 is 0 Å². The number of hydrogen-bond acceptors (Lipinski definition) is 0. The Kier molecular flexibility index (Phi) is 4.03. The molecule has 3 rings (SSSR count). The minimum atomic E-state index is 0. The first-order valence-electron chi connectivity index (χ1n) is 6.70. The molecule has 0 nitrogen and oxygen atoms in total. The van der Waals surface area contributed by atoms with Crippen LogP contribution in [0.15, 0.2) is 22.3 Å². The molecule has 0 saturated carbocycles. The van der Waals surface area contributed by atoms with Gasteiger partial charge in [-0.2, -0.15) is 5.57 Å². The van der Waals surface area contributed by atoms with Gasteiger partial charge in [0.15, 0.2) is 0 Å². The molecule has 0 spiro atoms. The summed E-state index contributed by atoms with van der Waals surface area (Å²) in [7, 11) is 0. The average molecular weight is 249 g/mol. The molecule has 0 N–H and O–H groups in total. The summed E-state index contributed by atoms with van der Waals surface area (Å²) in [6.07, 6.45) is 13.6. The molecule has 1 atom stereocenters. The Morgan fingerprint density at radius 1 is 1.06 bits per heavy atom. The summed E-state index contributed by atoms with van der Waals surface area (Å²) in [6.45, 7) is 2.36. The van der Waals surface area contributed by atoms with E-state index < -0.39 is 0 Å². The predicted octanol–water partition coefficient (Wildman–Crippen LogP) is 4.58. The van der Waals surface area contributed by atoms with Gasteiger partial charge < -0.3 is 0 Å². The van der Waals surface area contributed by atoms with Gasteiger partial charge in [-0.1, -0.05) is 31.8 Å². The van der Waals surface area contributed by atoms with Crippen molar-refractivity contribution in [2.75, 3.05) is 0 Å². The Morgan fingerprint density at radius 3 is 2.62 bits per heavy atom. The summed E-state index contributed by atoms with van der Waals surface area (Å²) in [5, 5.41) is 0. The molecule has 0 bridgehead atoms. The van der Waals surface area contributed by atoms with Crippen molar-refractivity contribution in [3.8, 4) is 0 Å². The van der Waals surface area contributed by atoms with Crippen LogP contribution in [0.2, 0.25) is 0 Å². The smallest absolute Gasteiger partial charge is 0.226 e. The van der Waals surface area contributed by atoms with E-state index in [4.69, 9.17) is 0 Å². The topological polar surface area (TPSA) is 0 Å². The number of hydrogen-bond donors (Lipinski definition) is 0. The predicted molar refractivity (Wildman–Crippen MR) is 64.5 cm³/mol. The quantitative estimate of drug-likeness (QED) is 0.471. The number of fused-ring (bicyclic) bond motifs is 1. The molecule has 0 aliphatic heterocycles. The van der Waals surface area contributed by atoms with Crippen LogP contribution in [0.5, 0.6) is 0 Å². The van der Waals surface area contributed by atoms with Crippen LogP contribution >= 0.6 is 0 Å². The van der Waals surface area contributed by atoms with Gasteiger partial charge >= 0.3 is 21.7 Å². The molecule has 0 heterocycles. The monoisotopic (exact) mass is 249 g/mol. The molecule has 0 amide bonds. The fraction of sp³-hybridized carbons (Fsp3) is 0.667. The Labute approximate surface area is 114 Å². The van der Waals surface area contributed by atoms with Crippen molar-refractivity contribution < 1.29 is 21.7 Å². The SMILES string of the molecule is CCC1C2=C(CCC[CH-]2)C2=C1CCCC2.[Ti+2]. The van der Waals surface area contributed by atoms with E-state index in [0.29, 0.717) is 0 Å². The second kappa shape index (κ2) is 5.15. The maximum absolute atomic E-state index is 2.55. The third kappa shape index (κ3) is 1.85. The molecule has 0 saturated heterocycles. The molecule has 3 aliphatic carbocycles. The van der Waals surface area contributed by atoms with Gasteiger partial charge in [-0.05, 0) is 31.6 Å². The summed E-state index contributed by atoms with van der Waals surface area (Å²) in [5.74, 6) is 0.829. The third-order valence-corrected chi connectivity index (χ3v) is 4.42. The van der Waals surface area contributed by atoms with Gasteiger partial charge in [0, 0.05) is 0 Å². The standard InChI is InChI=1S/C15H21.Ti/c1-2-11-12-7-3-5-9-14(12)15-10-6-4-8-13(11)15;/h7,11H,2-6,8-10H2,1H3;/q-1;+2. The van der Waals surface area contributed by atoms with Crippen LogP contribution < -0.4 is 0 Å². The van der Waals surface area contributed by atoms with Crippen LogP contribution in [0, 0.1) is 12.3 Å². The van der Waals surface area contributed by atoms with Gasteiger partial charge in [0.1, 0.15) is 0 Å². The third-order valence-electron chi connectivity index (χ3n) is 4.42. The molecule has 0 radical (unpaired) electrons. The van der Waals surface area contributed by atoms with Gasteiger partial charge in [-0.25, -0.2) is 12.0 Å². The van der Waals surface area contributed by atoms with Gasteiger partial charge in [-0.15, -0.1) is 12.0 Å². The molecule has 0 aromatic heterocycles.